The quantitative estimate of drug-likeness (QED) is 0.840. The van der Waals surface area contributed by atoms with E-state index in [0.29, 0.717) is 12.0 Å². The number of piperidine rings is 1. The third kappa shape index (κ3) is 2.51. The number of methoxy groups -OCH3 is 1. The second kappa shape index (κ2) is 5.64. The maximum absolute atomic E-state index is 5.68. The van der Waals surface area contributed by atoms with E-state index in [1.54, 1.807) is 0 Å². The van der Waals surface area contributed by atoms with E-state index >= 15 is 0 Å². The lowest BCUT2D eigenvalue weighted by molar-refractivity contribution is 0.0499. The Bertz CT molecular complexity index is 653. The van der Waals surface area contributed by atoms with Crippen molar-refractivity contribution in [2.45, 2.75) is 33.3 Å². The number of pyridine rings is 1. The van der Waals surface area contributed by atoms with Crippen LogP contribution in [0, 0.1) is 19.8 Å². The number of aryl methyl sites for hydroxylation is 1. The average Bonchev–Trinajstić information content (AvgIpc) is 2.49. The monoisotopic (exact) mass is 284 g/mol. The fraction of sp³-hybridized carbons (Fsp3) is 0.500. The van der Waals surface area contributed by atoms with Crippen LogP contribution >= 0.6 is 0 Å². The number of rotatable bonds is 2. The Morgan fingerprint density at radius 1 is 1.24 bits per heavy atom. The summed E-state index contributed by atoms with van der Waals surface area (Å²) in [5.41, 5.74) is 4.84. The second-order valence-electron chi connectivity index (χ2n) is 6.17. The Morgan fingerprint density at radius 2 is 2.00 bits per heavy atom. The van der Waals surface area contributed by atoms with Crippen molar-refractivity contribution in [1.82, 2.24) is 4.98 Å². The molecule has 1 fully saturated rings. The topological polar surface area (TPSA) is 25.4 Å². The van der Waals surface area contributed by atoms with Crippen LogP contribution in [0.5, 0.6) is 0 Å². The van der Waals surface area contributed by atoms with Gasteiger partial charge in [-0.2, -0.15) is 0 Å². The van der Waals surface area contributed by atoms with E-state index in [0.717, 1.165) is 24.3 Å². The predicted molar refractivity (Wildman–Crippen MR) is 88.0 cm³/mol. The van der Waals surface area contributed by atoms with Gasteiger partial charge in [0.25, 0.3) is 0 Å². The maximum Gasteiger partial charge on any atom is 0.0772 e. The number of nitrogens with zero attached hydrogens (tertiary/aromatic N) is 2. The number of para-hydroxylation sites is 1. The zero-order valence-corrected chi connectivity index (χ0v) is 13.4. The van der Waals surface area contributed by atoms with Crippen LogP contribution in [-0.4, -0.2) is 31.3 Å². The Balaban J connectivity index is 2.09. The number of benzene rings is 1. The minimum absolute atomic E-state index is 0.311. The molecule has 1 saturated heterocycles. The summed E-state index contributed by atoms with van der Waals surface area (Å²) in [6, 6.07) is 8.45. The van der Waals surface area contributed by atoms with E-state index in [4.69, 9.17) is 9.72 Å². The van der Waals surface area contributed by atoms with Crippen LogP contribution in [0.1, 0.15) is 24.6 Å². The lowest BCUT2D eigenvalue weighted by atomic mass is 9.94. The van der Waals surface area contributed by atoms with Crippen LogP contribution in [0.2, 0.25) is 0 Å². The van der Waals surface area contributed by atoms with Gasteiger partial charge in [0.05, 0.1) is 17.3 Å². The summed E-state index contributed by atoms with van der Waals surface area (Å²) < 4.78 is 5.68. The first kappa shape index (κ1) is 14.3. The van der Waals surface area contributed by atoms with Crippen LogP contribution in [0.3, 0.4) is 0 Å². The molecule has 0 aliphatic carbocycles. The highest BCUT2D eigenvalue weighted by Crippen LogP contribution is 2.34. The van der Waals surface area contributed by atoms with Crippen molar-refractivity contribution in [2.75, 3.05) is 25.1 Å². The molecule has 2 heterocycles. The van der Waals surface area contributed by atoms with Gasteiger partial charge in [-0.05, 0) is 37.8 Å². The molecule has 1 aliphatic rings. The van der Waals surface area contributed by atoms with Crippen molar-refractivity contribution in [3.05, 3.63) is 35.5 Å². The number of ether oxygens (including phenoxy) is 1. The van der Waals surface area contributed by atoms with Gasteiger partial charge in [0.1, 0.15) is 0 Å². The molecule has 1 aromatic carbocycles. The van der Waals surface area contributed by atoms with Crippen LogP contribution in [0.4, 0.5) is 5.69 Å². The van der Waals surface area contributed by atoms with E-state index in [9.17, 15) is 0 Å². The van der Waals surface area contributed by atoms with Gasteiger partial charge in [0.2, 0.25) is 0 Å². The predicted octanol–water partition coefficient (Wildman–Crippen LogP) is 3.71. The molecule has 2 aromatic rings. The molecule has 0 bridgehead atoms. The summed E-state index contributed by atoms with van der Waals surface area (Å²) in [6.45, 7) is 8.63. The van der Waals surface area contributed by atoms with Crippen molar-refractivity contribution < 1.29 is 4.74 Å². The van der Waals surface area contributed by atoms with Gasteiger partial charge in [-0.3, -0.25) is 4.98 Å². The van der Waals surface area contributed by atoms with Crippen LogP contribution in [-0.2, 0) is 4.74 Å². The van der Waals surface area contributed by atoms with Gasteiger partial charge in [-0.25, -0.2) is 0 Å². The fourth-order valence-corrected chi connectivity index (χ4v) is 3.36. The summed E-state index contributed by atoms with van der Waals surface area (Å²) in [6.07, 6.45) is 1.48. The Kier molecular flexibility index (Phi) is 3.85. The van der Waals surface area contributed by atoms with Crippen LogP contribution in [0.25, 0.3) is 10.9 Å². The van der Waals surface area contributed by atoms with Crippen LogP contribution < -0.4 is 4.90 Å². The number of hydrogen-bond donors (Lipinski definition) is 0. The number of anilines is 1. The van der Waals surface area contributed by atoms with Gasteiger partial charge in [-0.1, -0.05) is 25.1 Å². The molecule has 0 saturated carbocycles. The third-order valence-corrected chi connectivity index (χ3v) is 4.85. The van der Waals surface area contributed by atoms with E-state index in [2.05, 4.69) is 49.9 Å². The second-order valence-corrected chi connectivity index (χ2v) is 6.17. The zero-order chi connectivity index (χ0) is 15.0. The summed E-state index contributed by atoms with van der Waals surface area (Å²) in [4.78, 5) is 7.21. The summed E-state index contributed by atoms with van der Waals surface area (Å²) in [5.74, 6) is 0.626. The summed E-state index contributed by atoms with van der Waals surface area (Å²) in [5, 5.41) is 1.25. The molecule has 1 aliphatic heterocycles. The minimum atomic E-state index is 0.311. The van der Waals surface area contributed by atoms with Crippen molar-refractivity contribution in [2.24, 2.45) is 5.92 Å². The molecule has 0 radical (unpaired) electrons. The largest absolute Gasteiger partial charge is 0.379 e. The van der Waals surface area contributed by atoms with Gasteiger partial charge in [0, 0.05) is 31.3 Å². The third-order valence-electron chi connectivity index (χ3n) is 4.85. The van der Waals surface area contributed by atoms with Crippen molar-refractivity contribution in [3.8, 4) is 0 Å². The van der Waals surface area contributed by atoms with Gasteiger partial charge < -0.3 is 9.64 Å². The van der Waals surface area contributed by atoms with Gasteiger partial charge in [-0.15, -0.1) is 0 Å². The highest BCUT2D eigenvalue weighted by Gasteiger charge is 2.28. The highest BCUT2D eigenvalue weighted by atomic mass is 16.5. The highest BCUT2D eigenvalue weighted by molar-refractivity contribution is 5.93. The molecule has 0 spiro atoms. The van der Waals surface area contributed by atoms with Crippen molar-refractivity contribution in [1.29, 1.82) is 0 Å². The summed E-state index contributed by atoms with van der Waals surface area (Å²) in [7, 11) is 1.83. The zero-order valence-electron chi connectivity index (χ0n) is 13.4. The fourth-order valence-electron chi connectivity index (χ4n) is 3.36. The standard InChI is InChI=1S/C18H24N2O/c1-12-9-10-20(11-17(12)21-4)18-13(2)14(3)19-16-8-6-5-7-15(16)18/h5-8,12,17H,9-11H2,1-4H3. The first-order valence-corrected chi connectivity index (χ1v) is 7.75. The molecular weight excluding hydrogens is 260 g/mol. The Morgan fingerprint density at radius 3 is 2.76 bits per heavy atom. The molecule has 1 aromatic heterocycles. The number of fused-ring (bicyclic) bond motifs is 1. The van der Waals surface area contributed by atoms with Gasteiger partial charge >= 0.3 is 0 Å². The van der Waals surface area contributed by atoms with Gasteiger partial charge in [0.15, 0.2) is 0 Å². The lowest BCUT2D eigenvalue weighted by Crippen LogP contribution is -2.44. The van der Waals surface area contributed by atoms with E-state index in [1.807, 2.05) is 7.11 Å². The first-order valence-electron chi connectivity index (χ1n) is 7.75. The maximum atomic E-state index is 5.68. The SMILES string of the molecule is COC1CN(c2c(C)c(C)nc3ccccc23)CCC1C. The average molecular weight is 284 g/mol. The van der Waals surface area contributed by atoms with E-state index in [-0.39, 0.29) is 0 Å². The smallest absolute Gasteiger partial charge is 0.0772 e. The number of aromatic nitrogens is 1. The van der Waals surface area contributed by atoms with E-state index < -0.39 is 0 Å². The molecule has 3 heteroatoms. The van der Waals surface area contributed by atoms with Crippen molar-refractivity contribution in [3.63, 3.8) is 0 Å². The molecule has 3 rings (SSSR count). The summed E-state index contributed by atoms with van der Waals surface area (Å²) >= 11 is 0. The molecule has 2 unspecified atom stereocenters. The molecule has 112 valence electrons. The molecule has 0 N–H and O–H groups in total. The lowest BCUT2D eigenvalue weighted by Gasteiger charge is -2.39. The van der Waals surface area contributed by atoms with Crippen molar-refractivity contribution >= 4 is 16.6 Å². The van der Waals surface area contributed by atoms with Crippen LogP contribution in [0.15, 0.2) is 24.3 Å². The first-order chi connectivity index (χ1) is 10.1. The molecule has 2 atom stereocenters. The van der Waals surface area contributed by atoms with E-state index in [1.165, 1.54) is 23.1 Å². The minimum Gasteiger partial charge on any atom is -0.379 e. The Hall–Kier alpha value is -1.61. The molecule has 3 nitrogen and oxygen atoms in total. The molecule has 0 amide bonds. The Labute approximate surface area is 126 Å². The molecule has 21 heavy (non-hydrogen) atoms. The molecular formula is C18H24N2O. The normalized spacial score (nSPS) is 22.8. The number of hydrogen-bond acceptors (Lipinski definition) is 3.